The van der Waals surface area contributed by atoms with Crippen LogP contribution in [-0.2, 0) is 9.53 Å². The van der Waals surface area contributed by atoms with Gasteiger partial charge in [-0.15, -0.1) is 11.3 Å². The van der Waals surface area contributed by atoms with Crippen LogP contribution >= 0.6 is 11.3 Å². The van der Waals surface area contributed by atoms with Gasteiger partial charge in [0, 0.05) is 11.1 Å². The van der Waals surface area contributed by atoms with Crippen molar-refractivity contribution in [3.05, 3.63) is 81.7 Å². The summed E-state index contributed by atoms with van der Waals surface area (Å²) in [6.07, 6.45) is 0. The van der Waals surface area contributed by atoms with Gasteiger partial charge in [0.2, 0.25) is 0 Å². The summed E-state index contributed by atoms with van der Waals surface area (Å²) in [6, 6.07) is 17.4. The van der Waals surface area contributed by atoms with E-state index in [0.717, 1.165) is 11.3 Å². The molecule has 1 aromatic heterocycles. The van der Waals surface area contributed by atoms with Crippen molar-refractivity contribution in [3.63, 3.8) is 0 Å². The van der Waals surface area contributed by atoms with Gasteiger partial charge in [-0.3, -0.25) is 9.59 Å². The number of carbonyl (C=O) groups is 3. The van der Waals surface area contributed by atoms with Gasteiger partial charge in [0.15, 0.2) is 12.4 Å². The fraction of sp³-hybridized carbons (Fsp3) is 0.167. The highest BCUT2D eigenvalue weighted by Gasteiger charge is 2.22. The molecule has 0 aliphatic heterocycles. The molecular weight excluding hydrogens is 428 g/mol. The van der Waals surface area contributed by atoms with E-state index in [1.165, 1.54) is 0 Å². The number of nitrogens with one attached hydrogen (secondary N) is 1. The molecule has 2 aromatic carbocycles. The van der Waals surface area contributed by atoms with Crippen LogP contribution in [-0.4, -0.2) is 30.9 Å². The molecule has 0 radical (unpaired) electrons. The minimum absolute atomic E-state index is 0.107. The number of anilines is 1. The Bertz CT molecular complexity index is 1180. The summed E-state index contributed by atoms with van der Waals surface area (Å²) in [6.45, 7) is 3.23. The SMILES string of the molecule is CCOC(=O)c1sc(NC(=O)COc2ccc(C(=O)c3ccccc3)cc2)c(C#N)c1C. The largest absolute Gasteiger partial charge is 0.484 e. The Labute approximate surface area is 189 Å². The maximum atomic E-state index is 12.4. The first-order valence-corrected chi connectivity index (χ1v) is 10.6. The molecule has 3 aromatic rings. The molecule has 0 saturated carbocycles. The van der Waals surface area contributed by atoms with Crippen molar-refractivity contribution in [2.24, 2.45) is 0 Å². The van der Waals surface area contributed by atoms with Crippen LogP contribution in [0.3, 0.4) is 0 Å². The van der Waals surface area contributed by atoms with E-state index in [1.807, 2.05) is 12.1 Å². The highest BCUT2D eigenvalue weighted by molar-refractivity contribution is 7.18. The maximum Gasteiger partial charge on any atom is 0.348 e. The Kier molecular flexibility index (Phi) is 7.37. The van der Waals surface area contributed by atoms with Crippen molar-refractivity contribution in [2.75, 3.05) is 18.5 Å². The highest BCUT2D eigenvalue weighted by atomic mass is 32.1. The number of rotatable bonds is 8. The van der Waals surface area contributed by atoms with Crippen LogP contribution in [0.25, 0.3) is 0 Å². The van der Waals surface area contributed by atoms with Gasteiger partial charge in [-0.25, -0.2) is 4.79 Å². The quantitative estimate of drug-likeness (QED) is 0.406. The lowest BCUT2D eigenvalue weighted by molar-refractivity contribution is -0.118. The summed E-state index contributed by atoms with van der Waals surface area (Å²) in [5, 5.41) is 12.3. The highest BCUT2D eigenvalue weighted by Crippen LogP contribution is 2.33. The van der Waals surface area contributed by atoms with Gasteiger partial charge in [-0.1, -0.05) is 30.3 Å². The van der Waals surface area contributed by atoms with Gasteiger partial charge >= 0.3 is 5.97 Å². The fourth-order valence-electron chi connectivity index (χ4n) is 2.90. The number of ketones is 1. The first-order valence-electron chi connectivity index (χ1n) is 9.77. The van der Waals surface area contributed by atoms with Crippen LogP contribution < -0.4 is 10.1 Å². The van der Waals surface area contributed by atoms with Crippen molar-refractivity contribution >= 4 is 34.0 Å². The number of hydrogen-bond donors (Lipinski definition) is 1. The summed E-state index contributed by atoms with van der Waals surface area (Å²) in [5.41, 5.74) is 1.77. The number of benzene rings is 2. The topological polar surface area (TPSA) is 105 Å². The molecule has 7 nitrogen and oxygen atoms in total. The van der Waals surface area contributed by atoms with Gasteiger partial charge in [0.25, 0.3) is 5.91 Å². The Balaban J connectivity index is 1.62. The zero-order chi connectivity index (χ0) is 23.1. The van der Waals surface area contributed by atoms with Crippen LogP contribution in [0.1, 0.15) is 43.6 Å². The molecule has 1 N–H and O–H groups in total. The van der Waals surface area contributed by atoms with Crippen molar-refractivity contribution in [1.82, 2.24) is 0 Å². The summed E-state index contributed by atoms with van der Waals surface area (Å²) in [5.74, 6) is -0.708. The summed E-state index contributed by atoms with van der Waals surface area (Å²) >= 11 is 0.990. The molecule has 0 saturated heterocycles. The molecule has 0 spiro atoms. The minimum Gasteiger partial charge on any atom is -0.484 e. The monoisotopic (exact) mass is 448 g/mol. The van der Waals surface area contributed by atoms with E-state index in [9.17, 15) is 19.6 Å². The number of nitriles is 1. The molecule has 1 heterocycles. The van der Waals surface area contributed by atoms with E-state index in [-0.39, 0.29) is 34.4 Å². The Morgan fingerprint density at radius 3 is 2.31 bits per heavy atom. The fourth-order valence-corrected chi connectivity index (χ4v) is 3.97. The van der Waals surface area contributed by atoms with Crippen molar-refractivity contribution in [3.8, 4) is 11.8 Å². The third-order valence-corrected chi connectivity index (χ3v) is 5.68. The summed E-state index contributed by atoms with van der Waals surface area (Å²) in [7, 11) is 0. The van der Waals surface area contributed by atoms with E-state index in [4.69, 9.17) is 9.47 Å². The van der Waals surface area contributed by atoms with E-state index in [0.29, 0.717) is 22.4 Å². The standard InChI is InChI=1S/C24H20N2O5S/c1-3-30-24(29)22-15(2)19(13-25)23(32-22)26-20(27)14-31-18-11-9-17(10-12-18)21(28)16-7-5-4-6-8-16/h4-12H,3,14H2,1-2H3,(H,26,27). The summed E-state index contributed by atoms with van der Waals surface area (Å²) in [4.78, 5) is 37.1. The number of thiophene rings is 1. The van der Waals surface area contributed by atoms with Crippen molar-refractivity contribution < 1.29 is 23.9 Å². The van der Waals surface area contributed by atoms with Crippen LogP contribution in [0.4, 0.5) is 5.00 Å². The number of carbonyl (C=O) groups excluding carboxylic acids is 3. The van der Waals surface area contributed by atoms with Gasteiger partial charge in [0.1, 0.15) is 21.7 Å². The van der Waals surface area contributed by atoms with Crippen LogP contribution in [0, 0.1) is 18.3 Å². The third-order valence-electron chi connectivity index (χ3n) is 4.49. The number of nitrogens with zero attached hydrogens (tertiary/aromatic N) is 1. The van der Waals surface area contributed by atoms with Gasteiger partial charge in [-0.05, 0) is 43.7 Å². The lowest BCUT2D eigenvalue weighted by Crippen LogP contribution is -2.20. The molecule has 0 atom stereocenters. The molecule has 32 heavy (non-hydrogen) atoms. The first-order chi connectivity index (χ1) is 15.4. The van der Waals surface area contributed by atoms with E-state index in [1.54, 1.807) is 62.4 Å². The van der Waals surface area contributed by atoms with Crippen LogP contribution in [0.2, 0.25) is 0 Å². The number of esters is 1. The molecule has 0 unspecified atom stereocenters. The normalized spacial score (nSPS) is 10.2. The Hall–Kier alpha value is -3.96. The van der Waals surface area contributed by atoms with E-state index in [2.05, 4.69) is 5.32 Å². The predicted octanol–water partition coefficient (Wildman–Crippen LogP) is 4.35. The predicted molar refractivity (Wildman–Crippen MR) is 120 cm³/mol. The molecular formula is C24H20N2O5S. The second-order valence-electron chi connectivity index (χ2n) is 6.65. The Morgan fingerprint density at radius 1 is 1.03 bits per heavy atom. The minimum atomic E-state index is -0.534. The zero-order valence-corrected chi connectivity index (χ0v) is 18.3. The maximum absolute atomic E-state index is 12.4. The first kappa shape index (κ1) is 22.7. The second-order valence-corrected chi connectivity index (χ2v) is 7.67. The van der Waals surface area contributed by atoms with Crippen molar-refractivity contribution in [1.29, 1.82) is 5.26 Å². The molecule has 0 aliphatic rings. The van der Waals surface area contributed by atoms with Crippen LogP contribution in [0.15, 0.2) is 54.6 Å². The summed E-state index contributed by atoms with van der Waals surface area (Å²) < 4.78 is 10.5. The second kappa shape index (κ2) is 10.4. The lowest BCUT2D eigenvalue weighted by atomic mass is 10.0. The van der Waals surface area contributed by atoms with Gasteiger partial charge in [-0.2, -0.15) is 5.26 Å². The average Bonchev–Trinajstić information content (AvgIpc) is 3.13. The number of hydrogen-bond acceptors (Lipinski definition) is 7. The molecule has 0 fully saturated rings. The van der Waals surface area contributed by atoms with Gasteiger partial charge in [0.05, 0.1) is 12.2 Å². The third kappa shape index (κ3) is 5.20. The van der Waals surface area contributed by atoms with E-state index < -0.39 is 11.9 Å². The number of amides is 1. The Morgan fingerprint density at radius 2 is 1.69 bits per heavy atom. The van der Waals surface area contributed by atoms with Crippen LogP contribution in [0.5, 0.6) is 5.75 Å². The van der Waals surface area contributed by atoms with E-state index >= 15 is 0 Å². The molecule has 162 valence electrons. The molecule has 8 heteroatoms. The molecule has 3 rings (SSSR count). The molecule has 1 amide bonds. The molecule has 0 bridgehead atoms. The lowest BCUT2D eigenvalue weighted by Gasteiger charge is -2.07. The molecule has 0 aliphatic carbocycles. The number of ether oxygens (including phenoxy) is 2. The van der Waals surface area contributed by atoms with Gasteiger partial charge < -0.3 is 14.8 Å². The average molecular weight is 449 g/mol. The zero-order valence-electron chi connectivity index (χ0n) is 17.5. The smallest absolute Gasteiger partial charge is 0.348 e. The van der Waals surface area contributed by atoms with Crippen molar-refractivity contribution in [2.45, 2.75) is 13.8 Å².